The van der Waals surface area contributed by atoms with Crippen molar-refractivity contribution < 1.29 is 27.3 Å². The summed E-state index contributed by atoms with van der Waals surface area (Å²) >= 11 is 0. The zero-order valence-corrected chi connectivity index (χ0v) is 14.8. The van der Waals surface area contributed by atoms with E-state index in [1.165, 1.54) is 36.5 Å². The topological polar surface area (TPSA) is 112 Å². The molecular formula is C17H12F3N5O4. The van der Waals surface area contributed by atoms with Gasteiger partial charge in [0.05, 0.1) is 0 Å². The molecule has 0 amide bonds. The van der Waals surface area contributed by atoms with Crippen LogP contribution in [-0.2, 0) is 4.84 Å². The van der Waals surface area contributed by atoms with Gasteiger partial charge in [0.15, 0.2) is 5.71 Å². The zero-order valence-electron chi connectivity index (χ0n) is 14.8. The molecule has 0 aliphatic carbocycles. The van der Waals surface area contributed by atoms with Gasteiger partial charge in [0.2, 0.25) is 18.3 Å². The van der Waals surface area contributed by atoms with Crippen molar-refractivity contribution in [3.63, 3.8) is 0 Å². The van der Waals surface area contributed by atoms with E-state index in [-0.39, 0.29) is 11.4 Å². The molecule has 0 N–H and O–H groups in total. The average Bonchev–Trinajstić information content (AvgIpc) is 3.11. The molecule has 0 bridgehead atoms. The summed E-state index contributed by atoms with van der Waals surface area (Å²) in [6.45, 7) is -0.0992. The van der Waals surface area contributed by atoms with Crippen LogP contribution in [0.3, 0.4) is 0 Å². The molecule has 0 saturated carbocycles. The molecule has 3 rings (SSSR count). The van der Waals surface area contributed by atoms with Gasteiger partial charge in [-0.2, -0.15) is 27.9 Å². The maximum atomic E-state index is 12.6. The minimum Gasteiger partial charge on any atom is -0.385 e. The fraction of sp³-hybridized carbons (Fsp3) is 0.176. The van der Waals surface area contributed by atoms with E-state index < -0.39 is 30.0 Å². The molecule has 3 aromatic rings. The summed E-state index contributed by atoms with van der Waals surface area (Å²) in [5.41, 5.74) is -0.687. The Morgan fingerprint density at radius 1 is 1.24 bits per heavy atom. The molecule has 12 heteroatoms. The lowest BCUT2D eigenvalue weighted by molar-refractivity contribution is -0.173. The quantitative estimate of drug-likeness (QED) is 0.471. The van der Waals surface area contributed by atoms with E-state index in [0.717, 1.165) is 6.07 Å². The number of hydrogen-bond acceptors (Lipinski definition) is 8. The Hall–Kier alpha value is -3.83. The monoisotopic (exact) mass is 407 g/mol. The van der Waals surface area contributed by atoms with Crippen molar-refractivity contribution in [1.82, 2.24) is 19.9 Å². The predicted molar refractivity (Wildman–Crippen MR) is 92.1 cm³/mol. The first-order valence-corrected chi connectivity index (χ1v) is 8.01. The summed E-state index contributed by atoms with van der Waals surface area (Å²) < 4.78 is 42.5. The van der Waals surface area contributed by atoms with Crippen LogP contribution in [0.25, 0.3) is 11.4 Å². The van der Waals surface area contributed by atoms with Crippen LogP contribution in [0.4, 0.5) is 13.2 Å². The molecule has 9 nitrogen and oxygen atoms in total. The van der Waals surface area contributed by atoms with Crippen molar-refractivity contribution in [1.29, 1.82) is 0 Å². The Morgan fingerprint density at radius 3 is 2.55 bits per heavy atom. The van der Waals surface area contributed by atoms with Gasteiger partial charge < -0.3 is 9.36 Å². The van der Waals surface area contributed by atoms with Gasteiger partial charge in [0.1, 0.15) is 0 Å². The molecule has 150 valence electrons. The normalized spacial score (nSPS) is 12.1. The number of alkyl halides is 3. The molecular weight excluding hydrogens is 395 g/mol. The number of benzene rings is 1. The molecule has 0 radical (unpaired) electrons. The summed E-state index contributed by atoms with van der Waals surface area (Å²) in [5, 5.41) is 10.7. The molecule has 0 atom stereocenters. The smallest absolute Gasteiger partial charge is 0.385 e. The number of halogens is 3. The zero-order chi connectivity index (χ0) is 21.0. The first-order valence-electron chi connectivity index (χ1n) is 8.01. The van der Waals surface area contributed by atoms with Crippen LogP contribution in [0.1, 0.15) is 16.2 Å². The van der Waals surface area contributed by atoms with Crippen molar-refractivity contribution in [2.24, 2.45) is 5.16 Å². The van der Waals surface area contributed by atoms with Gasteiger partial charge in [-0.15, -0.1) is 0 Å². The van der Waals surface area contributed by atoms with Gasteiger partial charge in [-0.05, 0) is 6.07 Å². The first-order chi connectivity index (χ1) is 13.7. The highest BCUT2D eigenvalue weighted by molar-refractivity contribution is 6.45. The summed E-state index contributed by atoms with van der Waals surface area (Å²) in [7, 11) is 0. The summed E-state index contributed by atoms with van der Waals surface area (Å²) in [5.74, 6) is -0.425. The van der Waals surface area contributed by atoms with E-state index in [0.29, 0.717) is 16.1 Å². The molecule has 0 spiro atoms. The standard InChI is InChI=1S/C17H12F3N5O4/c1-10-22-15(24-29-10)12-6-4-11(5-7-12)14(23-28-9-17(18,19)20)16(27)25-13(26)3-2-8-21-25/h2-8H,9H2,1H3. The van der Waals surface area contributed by atoms with Crippen LogP contribution < -0.4 is 5.56 Å². The number of aromatic nitrogens is 4. The molecule has 0 saturated heterocycles. The lowest BCUT2D eigenvalue weighted by atomic mass is 10.1. The third kappa shape index (κ3) is 4.91. The van der Waals surface area contributed by atoms with E-state index >= 15 is 0 Å². The van der Waals surface area contributed by atoms with Crippen LogP contribution in [0, 0.1) is 6.92 Å². The van der Waals surface area contributed by atoms with Crippen molar-refractivity contribution >= 4 is 11.6 Å². The predicted octanol–water partition coefficient (Wildman–Crippen LogP) is 2.23. The average molecular weight is 407 g/mol. The fourth-order valence-corrected chi connectivity index (χ4v) is 2.19. The van der Waals surface area contributed by atoms with Crippen LogP contribution in [0.15, 0.2) is 57.1 Å². The van der Waals surface area contributed by atoms with Crippen molar-refractivity contribution in [2.75, 3.05) is 6.61 Å². The van der Waals surface area contributed by atoms with E-state index in [1.54, 1.807) is 6.92 Å². The third-order valence-corrected chi connectivity index (χ3v) is 3.44. The Morgan fingerprint density at radius 2 is 1.97 bits per heavy atom. The van der Waals surface area contributed by atoms with Gasteiger partial charge in [-0.25, -0.2) is 0 Å². The molecule has 2 aromatic heterocycles. The number of nitrogens with zero attached hydrogens (tertiary/aromatic N) is 5. The van der Waals surface area contributed by atoms with Crippen molar-refractivity contribution in [3.05, 3.63) is 64.4 Å². The number of carbonyl (C=O) groups is 1. The maximum Gasteiger partial charge on any atom is 0.425 e. The molecule has 0 aliphatic heterocycles. The Bertz CT molecular complexity index is 1100. The second-order valence-corrected chi connectivity index (χ2v) is 5.62. The van der Waals surface area contributed by atoms with E-state index in [9.17, 15) is 22.8 Å². The summed E-state index contributed by atoms with van der Waals surface area (Å²) in [6, 6.07) is 8.18. The molecule has 2 heterocycles. The molecule has 0 aliphatic rings. The molecule has 0 fully saturated rings. The van der Waals surface area contributed by atoms with Gasteiger partial charge >= 0.3 is 12.1 Å². The van der Waals surface area contributed by atoms with E-state index in [1.807, 2.05) is 0 Å². The molecule has 0 unspecified atom stereocenters. The van der Waals surface area contributed by atoms with Crippen molar-refractivity contribution in [3.8, 4) is 11.4 Å². The highest BCUT2D eigenvalue weighted by Crippen LogP contribution is 2.18. The second kappa shape index (κ2) is 8.04. The first kappa shape index (κ1) is 19.9. The number of rotatable bonds is 5. The van der Waals surface area contributed by atoms with Gasteiger partial charge in [-0.3, -0.25) is 9.59 Å². The van der Waals surface area contributed by atoms with E-state index in [2.05, 4.69) is 25.2 Å². The highest BCUT2D eigenvalue weighted by Gasteiger charge is 2.29. The number of aryl methyl sites for hydroxylation is 1. The summed E-state index contributed by atoms with van der Waals surface area (Å²) in [6.07, 6.45) is -3.48. The Labute approximate surface area is 160 Å². The van der Waals surface area contributed by atoms with Gasteiger partial charge in [-0.1, -0.05) is 34.6 Å². The minimum absolute atomic E-state index is 0.0960. The van der Waals surface area contributed by atoms with Gasteiger partial charge in [0.25, 0.3) is 5.56 Å². The SMILES string of the molecule is Cc1nc(-c2ccc(C(=NOCC(F)(F)F)C(=O)n3ncccc3=O)cc2)no1. The van der Waals surface area contributed by atoms with Crippen LogP contribution in [-0.4, -0.2) is 44.3 Å². The Kier molecular flexibility index (Phi) is 5.52. The molecule has 29 heavy (non-hydrogen) atoms. The second-order valence-electron chi connectivity index (χ2n) is 5.62. The largest absolute Gasteiger partial charge is 0.425 e. The highest BCUT2D eigenvalue weighted by atomic mass is 19.4. The molecule has 1 aromatic carbocycles. The van der Waals surface area contributed by atoms with Crippen LogP contribution >= 0.6 is 0 Å². The number of hydrogen-bond donors (Lipinski definition) is 0. The van der Waals surface area contributed by atoms with E-state index in [4.69, 9.17) is 4.52 Å². The van der Waals surface area contributed by atoms with Gasteiger partial charge in [0, 0.05) is 30.3 Å². The number of carbonyl (C=O) groups excluding carboxylic acids is 1. The summed E-state index contributed by atoms with van der Waals surface area (Å²) in [4.78, 5) is 32.8. The maximum absolute atomic E-state index is 12.6. The Balaban J connectivity index is 1.96. The fourth-order valence-electron chi connectivity index (χ4n) is 2.19. The number of oxime groups is 1. The lowest BCUT2D eigenvalue weighted by Crippen LogP contribution is -2.34. The lowest BCUT2D eigenvalue weighted by Gasteiger charge is -2.09. The van der Waals surface area contributed by atoms with Crippen molar-refractivity contribution in [2.45, 2.75) is 13.1 Å². The van der Waals surface area contributed by atoms with Crippen LogP contribution in [0.5, 0.6) is 0 Å². The van der Waals surface area contributed by atoms with Crippen LogP contribution in [0.2, 0.25) is 0 Å². The minimum atomic E-state index is -4.65. The third-order valence-electron chi connectivity index (χ3n) is 3.44.